The zero-order chi connectivity index (χ0) is 13.4. The quantitative estimate of drug-likeness (QED) is 0.435. The molecule has 0 aliphatic carbocycles. The Bertz CT molecular complexity index is 399. The maximum Gasteiger partial charge on any atom is 0.130 e. The van der Waals surface area contributed by atoms with Crippen molar-refractivity contribution in [1.82, 2.24) is 0 Å². The third-order valence-electron chi connectivity index (χ3n) is 2.15. The molecule has 0 radical (unpaired) electrons. The van der Waals surface area contributed by atoms with Crippen LogP contribution in [0.3, 0.4) is 0 Å². The standard InChI is InChI=1S/C12H17BrN2O3/c1-16-4-5-17-6-7-18-11-3-2-9(13)8-10(11)12(14)15/h2-3,8H,4-7H2,1H3,(H3,14,15). The lowest BCUT2D eigenvalue weighted by molar-refractivity contribution is 0.0544. The van der Waals surface area contributed by atoms with Crippen molar-refractivity contribution in [3.8, 4) is 5.75 Å². The van der Waals surface area contributed by atoms with Crippen LogP contribution in [0.15, 0.2) is 22.7 Å². The van der Waals surface area contributed by atoms with Crippen molar-refractivity contribution >= 4 is 21.8 Å². The van der Waals surface area contributed by atoms with E-state index < -0.39 is 0 Å². The first-order chi connectivity index (χ1) is 8.65. The Balaban J connectivity index is 2.44. The number of nitrogen functional groups attached to an aromatic ring is 1. The highest BCUT2D eigenvalue weighted by Gasteiger charge is 2.07. The Kier molecular flexibility index (Phi) is 6.70. The largest absolute Gasteiger partial charge is 0.490 e. The summed E-state index contributed by atoms with van der Waals surface area (Å²) in [6, 6.07) is 5.37. The molecule has 1 aromatic rings. The van der Waals surface area contributed by atoms with Crippen molar-refractivity contribution in [2.45, 2.75) is 0 Å². The van der Waals surface area contributed by atoms with Gasteiger partial charge in [0.25, 0.3) is 0 Å². The summed E-state index contributed by atoms with van der Waals surface area (Å²) in [5, 5.41) is 7.47. The number of halogens is 1. The van der Waals surface area contributed by atoms with Gasteiger partial charge in [0.2, 0.25) is 0 Å². The van der Waals surface area contributed by atoms with Gasteiger partial charge in [-0.3, -0.25) is 5.41 Å². The molecule has 0 heterocycles. The van der Waals surface area contributed by atoms with Crippen molar-refractivity contribution in [2.24, 2.45) is 5.73 Å². The summed E-state index contributed by atoms with van der Waals surface area (Å²) in [4.78, 5) is 0. The van der Waals surface area contributed by atoms with Gasteiger partial charge in [-0.1, -0.05) is 15.9 Å². The average Bonchev–Trinajstić information content (AvgIpc) is 2.35. The van der Waals surface area contributed by atoms with E-state index in [0.717, 1.165) is 4.47 Å². The molecule has 0 aliphatic rings. The SMILES string of the molecule is COCCOCCOc1ccc(Br)cc1C(=N)N. The van der Waals surface area contributed by atoms with Gasteiger partial charge >= 0.3 is 0 Å². The maximum absolute atomic E-state index is 7.47. The number of ether oxygens (including phenoxy) is 3. The second kappa shape index (κ2) is 8.07. The summed E-state index contributed by atoms with van der Waals surface area (Å²) in [5.41, 5.74) is 6.06. The minimum atomic E-state index is -0.0217. The molecule has 0 unspecified atom stereocenters. The average molecular weight is 317 g/mol. The van der Waals surface area contributed by atoms with Crippen LogP contribution in [0, 0.1) is 5.41 Å². The van der Waals surface area contributed by atoms with Crippen LogP contribution < -0.4 is 10.5 Å². The number of rotatable bonds is 8. The predicted molar refractivity (Wildman–Crippen MR) is 73.3 cm³/mol. The number of amidine groups is 1. The normalized spacial score (nSPS) is 10.3. The van der Waals surface area contributed by atoms with Crippen molar-refractivity contribution in [3.63, 3.8) is 0 Å². The van der Waals surface area contributed by atoms with Gasteiger partial charge in [-0.05, 0) is 18.2 Å². The molecule has 100 valence electrons. The number of hydrogen-bond donors (Lipinski definition) is 2. The van der Waals surface area contributed by atoms with Crippen molar-refractivity contribution in [2.75, 3.05) is 33.5 Å². The van der Waals surface area contributed by atoms with Gasteiger partial charge in [0, 0.05) is 11.6 Å². The minimum absolute atomic E-state index is 0.0217. The maximum atomic E-state index is 7.47. The number of methoxy groups -OCH3 is 1. The molecule has 1 rings (SSSR count). The van der Waals surface area contributed by atoms with E-state index in [0.29, 0.717) is 37.7 Å². The van der Waals surface area contributed by atoms with E-state index in [1.54, 1.807) is 19.2 Å². The molecule has 18 heavy (non-hydrogen) atoms. The van der Waals surface area contributed by atoms with Crippen molar-refractivity contribution < 1.29 is 14.2 Å². The van der Waals surface area contributed by atoms with E-state index in [1.165, 1.54) is 0 Å². The Morgan fingerprint density at radius 3 is 2.67 bits per heavy atom. The molecule has 0 aliphatic heterocycles. The molecule has 0 bridgehead atoms. The van der Waals surface area contributed by atoms with Crippen LogP contribution in [-0.2, 0) is 9.47 Å². The molecule has 6 heteroatoms. The summed E-state index contributed by atoms with van der Waals surface area (Å²) in [6.45, 7) is 1.99. The van der Waals surface area contributed by atoms with Crippen LogP contribution in [0.1, 0.15) is 5.56 Å². The Morgan fingerprint density at radius 1 is 1.28 bits per heavy atom. The van der Waals surface area contributed by atoms with E-state index >= 15 is 0 Å². The van der Waals surface area contributed by atoms with Gasteiger partial charge < -0.3 is 19.9 Å². The molecule has 3 N–H and O–H groups in total. The van der Waals surface area contributed by atoms with Gasteiger partial charge in [0.1, 0.15) is 18.2 Å². The highest BCUT2D eigenvalue weighted by atomic mass is 79.9. The molecule has 0 fully saturated rings. The second-order valence-corrected chi connectivity index (χ2v) is 4.42. The third-order valence-corrected chi connectivity index (χ3v) is 2.64. The van der Waals surface area contributed by atoms with Gasteiger partial charge in [-0.15, -0.1) is 0 Å². The van der Waals surface area contributed by atoms with Crippen molar-refractivity contribution in [3.05, 3.63) is 28.2 Å². The molecule has 0 atom stereocenters. The molecule has 1 aromatic carbocycles. The van der Waals surface area contributed by atoms with E-state index in [9.17, 15) is 0 Å². The summed E-state index contributed by atoms with van der Waals surface area (Å²) >= 11 is 3.33. The zero-order valence-electron chi connectivity index (χ0n) is 10.2. The highest BCUT2D eigenvalue weighted by molar-refractivity contribution is 9.10. The molecule has 0 saturated carbocycles. The van der Waals surface area contributed by atoms with Crippen LogP contribution in [0.2, 0.25) is 0 Å². The summed E-state index contributed by atoms with van der Waals surface area (Å²) < 4.78 is 16.5. The lowest BCUT2D eigenvalue weighted by atomic mass is 10.2. The van der Waals surface area contributed by atoms with Gasteiger partial charge in [0.15, 0.2) is 0 Å². The van der Waals surface area contributed by atoms with E-state index in [4.69, 9.17) is 25.4 Å². The van der Waals surface area contributed by atoms with E-state index in [-0.39, 0.29) is 5.84 Å². The zero-order valence-corrected chi connectivity index (χ0v) is 11.8. The minimum Gasteiger partial charge on any atom is -0.490 e. The Labute approximate surface area is 115 Å². The highest BCUT2D eigenvalue weighted by Crippen LogP contribution is 2.22. The lowest BCUT2D eigenvalue weighted by Gasteiger charge is -2.11. The van der Waals surface area contributed by atoms with Crippen LogP contribution in [-0.4, -0.2) is 39.4 Å². The number of nitrogens with one attached hydrogen (secondary N) is 1. The molecule has 0 amide bonds. The van der Waals surface area contributed by atoms with Gasteiger partial charge in [-0.25, -0.2) is 0 Å². The molecule has 0 spiro atoms. The molecule has 5 nitrogen and oxygen atoms in total. The molecule has 0 saturated heterocycles. The summed E-state index contributed by atoms with van der Waals surface area (Å²) in [7, 11) is 1.63. The second-order valence-electron chi connectivity index (χ2n) is 3.51. The van der Waals surface area contributed by atoms with Crippen LogP contribution >= 0.6 is 15.9 Å². The fourth-order valence-corrected chi connectivity index (χ4v) is 1.65. The first kappa shape index (κ1) is 14.9. The first-order valence-corrected chi connectivity index (χ1v) is 6.28. The van der Waals surface area contributed by atoms with E-state index in [1.807, 2.05) is 6.07 Å². The van der Waals surface area contributed by atoms with Crippen LogP contribution in [0.4, 0.5) is 0 Å². The Hall–Kier alpha value is -1.11. The molecule has 0 aromatic heterocycles. The van der Waals surface area contributed by atoms with Crippen molar-refractivity contribution in [1.29, 1.82) is 5.41 Å². The smallest absolute Gasteiger partial charge is 0.130 e. The van der Waals surface area contributed by atoms with Crippen LogP contribution in [0.25, 0.3) is 0 Å². The number of hydrogen-bond acceptors (Lipinski definition) is 4. The number of benzene rings is 1. The fraction of sp³-hybridized carbons (Fsp3) is 0.417. The molecular formula is C12H17BrN2O3. The lowest BCUT2D eigenvalue weighted by Crippen LogP contribution is -2.15. The Morgan fingerprint density at radius 2 is 2.00 bits per heavy atom. The predicted octanol–water partition coefficient (Wildman–Crippen LogP) is 1.77. The first-order valence-electron chi connectivity index (χ1n) is 5.48. The summed E-state index contributed by atoms with van der Waals surface area (Å²) in [5.74, 6) is 0.563. The molecular weight excluding hydrogens is 300 g/mol. The van der Waals surface area contributed by atoms with Gasteiger partial charge in [0.05, 0.1) is 25.4 Å². The van der Waals surface area contributed by atoms with E-state index in [2.05, 4.69) is 15.9 Å². The summed E-state index contributed by atoms with van der Waals surface area (Å²) in [6.07, 6.45) is 0. The third kappa shape index (κ3) is 5.03. The van der Waals surface area contributed by atoms with Crippen LogP contribution in [0.5, 0.6) is 5.75 Å². The number of nitrogens with two attached hydrogens (primary N) is 1. The fourth-order valence-electron chi connectivity index (χ4n) is 1.29. The monoisotopic (exact) mass is 316 g/mol. The topological polar surface area (TPSA) is 77.6 Å². The van der Waals surface area contributed by atoms with Gasteiger partial charge in [-0.2, -0.15) is 0 Å².